The van der Waals surface area contributed by atoms with Crippen LogP contribution in [0, 0.1) is 0 Å². The summed E-state index contributed by atoms with van der Waals surface area (Å²) in [6.07, 6.45) is -0.288. The summed E-state index contributed by atoms with van der Waals surface area (Å²) in [5.41, 5.74) is 3.60. The third-order valence-corrected chi connectivity index (χ3v) is 4.34. The lowest BCUT2D eigenvalue weighted by Crippen LogP contribution is -2.24. The van der Waals surface area contributed by atoms with E-state index in [1.54, 1.807) is 4.90 Å². The van der Waals surface area contributed by atoms with Gasteiger partial charge in [0.2, 0.25) is 5.89 Å². The normalized spacial score (nSPS) is 15.6. The number of ether oxygens (including phenoxy) is 1. The molecule has 2 aromatic carbocycles. The first-order valence-corrected chi connectivity index (χ1v) is 8.33. The molecule has 25 heavy (non-hydrogen) atoms. The van der Waals surface area contributed by atoms with E-state index in [2.05, 4.69) is 17.2 Å². The van der Waals surface area contributed by atoms with Gasteiger partial charge < -0.3 is 14.5 Å². The number of hydrogen-bond acceptors (Lipinski definition) is 5. The van der Waals surface area contributed by atoms with Gasteiger partial charge in [-0.05, 0) is 36.8 Å². The van der Waals surface area contributed by atoms with Crippen molar-refractivity contribution in [2.75, 3.05) is 18.1 Å². The number of fused-ring (bicyclic) bond motifs is 1. The molecule has 2 heterocycles. The first kappa shape index (κ1) is 15.7. The van der Waals surface area contributed by atoms with Gasteiger partial charge in [-0.25, -0.2) is 9.78 Å². The summed E-state index contributed by atoms with van der Waals surface area (Å²) < 4.78 is 10.7. The Morgan fingerprint density at radius 2 is 2.12 bits per heavy atom. The van der Waals surface area contributed by atoms with Crippen LogP contribution in [0.2, 0.25) is 0 Å². The van der Waals surface area contributed by atoms with Crippen LogP contribution in [0.3, 0.4) is 0 Å². The Bertz CT molecular complexity index is 873. The van der Waals surface area contributed by atoms with Gasteiger partial charge in [-0.2, -0.15) is 0 Å². The van der Waals surface area contributed by atoms with E-state index < -0.39 is 0 Å². The van der Waals surface area contributed by atoms with Crippen molar-refractivity contribution in [2.24, 2.45) is 0 Å². The molecular weight excluding hydrogens is 318 g/mol. The summed E-state index contributed by atoms with van der Waals surface area (Å²) in [7, 11) is 0. The van der Waals surface area contributed by atoms with Crippen LogP contribution in [0.15, 0.2) is 52.9 Å². The zero-order valence-corrected chi connectivity index (χ0v) is 13.9. The van der Waals surface area contributed by atoms with Crippen molar-refractivity contribution in [1.82, 2.24) is 10.3 Å². The number of anilines is 1. The molecule has 0 aliphatic carbocycles. The molecule has 4 rings (SSSR count). The molecule has 1 fully saturated rings. The molecular formula is C19H19N3O3. The number of cyclic esters (lactones) is 1. The second kappa shape index (κ2) is 6.57. The van der Waals surface area contributed by atoms with Crippen LogP contribution in [0.5, 0.6) is 0 Å². The number of amides is 1. The van der Waals surface area contributed by atoms with Gasteiger partial charge >= 0.3 is 6.09 Å². The summed E-state index contributed by atoms with van der Waals surface area (Å²) in [6.45, 7) is 3.64. The predicted octanol–water partition coefficient (Wildman–Crippen LogP) is 3.64. The van der Waals surface area contributed by atoms with E-state index in [1.165, 1.54) is 0 Å². The number of rotatable bonds is 5. The number of nitrogens with zero attached hydrogens (tertiary/aromatic N) is 2. The van der Waals surface area contributed by atoms with Gasteiger partial charge in [0, 0.05) is 11.7 Å². The van der Waals surface area contributed by atoms with Crippen molar-refractivity contribution < 1.29 is 13.9 Å². The monoisotopic (exact) mass is 337 g/mol. The Balaban J connectivity index is 1.45. The molecule has 1 aromatic heterocycles. The average molecular weight is 337 g/mol. The van der Waals surface area contributed by atoms with Crippen LogP contribution < -0.4 is 10.2 Å². The van der Waals surface area contributed by atoms with E-state index in [4.69, 9.17) is 9.15 Å². The van der Waals surface area contributed by atoms with Crippen LogP contribution >= 0.6 is 0 Å². The maximum atomic E-state index is 11.7. The van der Waals surface area contributed by atoms with Crippen molar-refractivity contribution in [3.05, 3.63) is 60.0 Å². The number of carbonyl (C=O) groups excluding carboxylic acids is 1. The van der Waals surface area contributed by atoms with Crippen LogP contribution in [0.4, 0.5) is 10.5 Å². The lowest BCUT2D eigenvalue weighted by Gasteiger charge is -2.17. The minimum Gasteiger partial charge on any atom is -0.447 e. The van der Waals surface area contributed by atoms with Crippen LogP contribution in [0.25, 0.3) is 11.1 Å². The summed E-state index contributed by atoms with van der Waals surface area (Å²) >= 11 is 0. The molecule has 0 bridgehead atoms. The van der Waals surface area contributed by atoms with Crippen LogP contribution in [-0.2, 0) is 11.3 Å². The molecule has 6 nitrogen and oxygen atoms in total. The number of oxazole rings is 1. The standard InChI is InChI=1S/C19H19N3O3/c1-13(20-12-18-21-16-7-2-3-8-17(16)25-18)14-5-4-6-15(11-14)22-9-10-24-19(22)23/h2-8,11,13,20H,9-10,12H2,1H3. The molecule has 1 amide bonds. The smallest absolute Gasteiger partial charge is 0.414 e. The van der Waals surface area contributed by atoms with E-state index >= 15 is 0 Å². The molecule has 1 atom stereocenters. The number of nitrogens with one attached hydrogen (secondary N) is 1. The molecule has 3 aromatic rings. The van der Waals surface area contributed by atoms with E-state index in [1.807, 2.05) is 48.5 Å². The SMILES string of the molecule is CC(NCc1nc2ccccc2o1)c1cccc(N2CCOC2=O)c1. The Hall–Kier alpha value is -2.86. The van der Waals surface area contributed by atoms with Gasteiger partial charge in [-0.1, -0.05) is 24.3 Å². The highest BCUT2D eigenvalue weighted by Gasteiger charge is 2.23. The van der Waals surface area contributed by atoms with Crippen molar-refractivity contribution >= 4 is 22.9 Å². The fraction of sp³-hybridized carbons (Fsp3) is 0.263. The molecule has 1 unspecified atom stereocenters. The van der Waals surface area contributed by atoms with Crippen molar-refractivity contribution in [2.45, 2.75) is 19.5 Å². The minimum absolute atomic E-state index is 0.0913. The molecule has 0 spiro atoms. The van der Waals surface area contributed by atoms with Gasteiger partial charge in [0.15, 0.2) is 5.58 Å². The summed E-state index contributed by atoms with van der Waals surface area (Å²) in [4.78, 5) is 17.8. The maximum absolute atomic E-state index is 11.7. The molecule has 0 saturated carbocycles. The lowest BCUT2D eigenvalue weighted by molar-refractivity contribution is 0.181. The fourth-order valence-corrected chi connectivity index (χ4v) is 2.94. The number of hydrogen-bond donors (Lipinski definition) is 1. The summed E-state index contributed by atoms with van der Waals surface area (Å²) in [5.74, 6) is 0.660. The second-order valence-electron chi connectivity index (χ2n) is 6.04. The Morgan fingerprint density at radius 1 is 1.24 bits per heavy atom. The van der Waals surface area contributed by atoms with Gasteiger partial charge in [0.1, 0.15) is 12.1 Å². The van der Waals surface area contributed by atoms with Crippen molar-refractivity contribution in [3.63, 3.8) is 0 Å². The Kier molecular flexibility index (Phi) is 4.11. The Labute approximate surface area is 145 Å². The van der Waals surface area contributed by atoms with Crippen molar-refractivity contribution in [1.29, 1.82) is 0 Å². The van der Waals surface area contributed by atoms with E-state index in [0.717, 1.165) is 22.4 Å². The zero-order chi connectivity index (χ0) is 17.2. The first-order valence-electron chi connectivity index (χ1n) is 8.33. The molecule has 128 valence electrons. The van der Waals surface area contributed by atoms with Crippen molar-refractivity contribution in [3.8, 4) is 0 Å². The van der Waals surface area contributed by atoms with E-state index in [-0.39, 0.29) is 12.1 Å². The number of para-hydroxylation sites is 2. The average Bonchev–Trinajstić information content (AvgIpc) is 3.25. The highest BCUT2D eigenvalue weighted by molar-refractivity contribution is 5.89. The lowest BCUT2D eigenvalue weighted by atomic mass is 10.1. The van der Waals surface area contributed by atoms with Gasteiger partial charge in [0.25, 0.3) is 0 Å². The largest absolute Gasteiger partial charge is 0.447 e. The number of aromatic nitrogens is 1. The molecule has 1 N–H and O–H groups in total. The second-order valence-corrected chi connectivity index (χ2v) is 6.04. The summed E-state index contributed by atoms with van der Waals surface area (Å²) in [6, 6.07) is 15.7. The molecule has 0 radical (unpaired) electrons. The molecule has 6 heteroatoms. The predicted molar refractivity (Wildman–Crippen MR) is 94.4 cm³/mol. The molecule has 1 aliphatic rings. The molecule has 1 saturated heterocycles. The molecule has 1 aliphatic heterocycles. The quantitative estimate of drug-likeness (QED) is 0.770. The fourth-order valence-electron chi connectivity index (χ4n) is 2.94. The topological polar surface area (TPSA) is 67.6 Å². The summed E-state index contributed by atoms with van der Waals surface area (Å²) in [5, 5.41) is 3.41. The zero-order valence-electron chi connectivity index (χ0n) is 13.9. The van der Waals surface area contributed by atoms with E-state index in [9.17, 15) is 4.79 Å². The van der Waals surface area contributed by atoms with Crippen LogP contribution in [0.1, 0.15) is 24.4 Å². The number of carbonyl (C=O) groups is 1. The van der Waals surface area contributed by atoms with Gasteiger partial charge in [0.05, 0.1) is 13.1 Å². The van der Waals surface area contributed by atoms with E-state index in [0.29, 0.717) is 25.6 Å². The maximum Gasteiger partial charge on any atom is 0.414 e. The highest BCUT2D eigenvalue weighted by atomic mass is 16.6. The Morgan fingerprint density at radius 3 is 2.92 bits per heavy atom. The van der Waals surface area contributed by atoms with Gasteiger partial charge in [-0.15, -0.1) is 0 Å². The van der Waals surface area contributed by atoms with Gasteiger partial charge in [-0.3, -0.25) is 4.90 Å². The van der Waals surface area contributed by atoms with Crippen LogP contribution in [-0.4, -0.2) is 24.2 Å². The highest BCUT2D eigenvalue weighted by Crippen LogP contribution is 2.23. The third kappa shape index (κ3) is 3.21. The third-order valence-electron chi connectivity index (χ3n) is 4.34. The first-order chi connectivity index (χ1) is 12.2. The minimum atomic E-state index is -0.288. The number of benzene rings is 2.